The first-order chi connectivity index (χ1) is 12.6. The summed E-state index contributed by atoms with van der Waals surface area (Å²) in [7, 11) is -6.95. The van der Waals surface area contributed by atoms with E-state index in [2.05, 4.69) is 0 Å². The Bertz CT molecular complexity index is 941. The van der Waals surface area contributed by atoms with Gasteiger partial charge in [-0.15, -0.1) is 11.8 Å². The Morgan fingerprint density at radius 3 is 2.44 bits per heavy atom. The van der Waals surface area contributed by atoms with Crippen molar-refractivity contribution in [1.82, 2.24) is 9.21 Å². The molecular weight excluding hydrogens is 432 g/mol. The molecule has 0 bridgehead atoms. The van der Waals surface area contributed by atoms with Crippen LogP contribution in [0, 0.1) is 0 Å². The molecule has 150 valence electrons. The molecule has 27 heavy (non-hydrogen) atoms. The first-order valence-electron chi connectivity index (χ1n) is 8.46. The molecule has 0 spiro atoms. The van der Waals surface area contributed by atoms with E-state index in [-0.39, 0.29) is 50.0 Å². The molecule has 0 saturated carbocycles. The van der Waals surface area contributed by atoms with Crippen LogP contribution in [0.15, 0.2) is 23.1 Å². The van der Waals surface area contributed by atoms with Crippen molar-refractivity contribution >= 4 is 49.1 Å². The lowest BCUT2D eigenvalue weighted by Gasteiger charge is -2.35. The summed E-state index contributed by atoms with van der Waals surface area (Å²) in [5, 5.41) is -0.513. The van der Waals surface area contributed by atoms with Crippen LogP contribution in [0.25, 0.3) is 0 Å². The number of amides is 1. The normalized spacial score (nSPS) is 23.5. The number of sulfonamides is 1. The number of benzene rings is 1. The number of carbonyl (C=O) groups is 1. The second kappa shape index (κ2) is 7.90. The minimum Gasteiger partial charge on any atom is -0.336 e. The summed E-state index contributed by atoms with van der Waals surface area (Å²) < 4.78 is 49.9. The molecule has 2 aliphatic rings. The smallest absolute Gasteiger partial charge is 0.255 e. The molecule has 1 atom stereocenters. The molecule has 1 aromatic carbocycles. The van der Waals surface area contributed by atoms with Crippen LogP contribution in [0.1, 0.15) is 16.8 Å². The number of nitrogens with zero attached hydrogens (tertiary/aromatic N) is 2. The van der Waals surface area contributed by atoms with E-state index in [0.29, 0.717) is 10.6 Å². The van der Waals surface area contributed by atoms with E-state index in [1.165, 1.54) is 16.1 Å². The summed E-state index contributed by atoms with van der Waals surface area (Å²) in [5.41, 5.74) is 0.404. The van der Waals surface area contributed by atoms with Crippen LogP contribution in [0.5, 0.6) is 0 Å². The molecule has 2 fully saturated rings. The van der Waals surface area contributed by atoms with Crippen LogP contribution < -0.4 is 0 Å². The van der Waals surface area contributed by atoms with Crippen molar-refractivity contribution in [1.29, 1.82) is 0 Å². The SMILES string of the molecule is CSc1ccc(Cl)c(C(=O)N2CCN(S(=O)(=O)[C@H]3CCS(=O)(=O)C3)CC2)c1. The highest BCUT2D eigenvalue weighted by Gasteiger charge is 2.41. The second-order valence-corrected chi connectivity index (χ2v) is 12.3. The van der Waals surface area contributed by atoms with Gasteiger partial charge in [0.1, 0.15) is 0 Å². The van der Waals surface area contributed by atoms with Crippen molar-refractivity contribution in [2.75, 3.05) is 43.9 Å². The summed E-state index contributed by atoms with van der Waals surface area (Å²) in [6, 6.07) is 5.26. The number of hydrogen-bond acceptors (Lipinski definition) is 6. The van der Waals surface area contributed by atoms with Crippen LogP contribution in [-0.4, -0.2) is 81.1 Å². The highest BCUT2D eigenvalue weighted by Crippen LogP contribution is 2.26. The van der Waals surface area contributed by atoms with E-state index >= 15 is 0 Å². The Morgan fingerprint density at radius 1 is 1.22 bits per heavy atom. The lowest BCUT2D eigenvalue weighted by atomic mass is 10.2. The summed E-state index contributed by atoms with van der Waals surface area (Å²) in [4.78, 5) is 15.3. The number of sulfone groups is 1. The van der Waals surface area contributed by atoms with Gasteiger partial charge in [0.2, 0.25) is 10.0 Å². The van der Waals surface area contributed by atoms with Gasteiger partial charge in [-0.1, -0.05) is 11.6 Å². The van der Waals surface area contributed by atoms with Crippen molar-refractivity contribution in [2.24, 2.45) is 0 Å². The van der Waals surface area contributed by atoms with Gasteiger partial charge in [-0.3, -0.25) is 4.79 Å². The maximum Gasteiger partial charge on any atom is 0.255 e. The Kier molecular flexibility index (Phi) is 6.12. The molecule has 0 unspecified atom stereocenters. The van der Waals surface area contributed by atoms with Crippen LogP contribution >= 0.6 is 23.4 Å². The molecular formula is C16H21ClN2O5S3. The molecule has 1 aromatic rings. The maximum atomic E-state index is 12.8. The predicted octanol–water partition coefficient (Wildman–Crippen LogP) is 1.34. The number of piperazine rings is 1. The van der Waals surface area contributed by atoms with Gasteiger partial charge in [-0.05, 0) is 30.9 Å². The average Bonchev–Trinajstić information content (AvgIpc) is 3.02. The predicted molar refractivity (Wildman–Crippen MR) is 107 cm³/mol. The van der Waals surface area contributed by atoms with Crippen molar-refractivity contribution in [2.45, 2.75) is 16.6 Å². The monoisotopic (exact) mass is 452 g/mol. The van der Waals surface area contributed by atoms with E-state index in [0.717, 1.165) is 4.90 Å². The molecule has 1 amide bonds. The highest BCUT2D eigenvalue weighted by molar-refractivity contribution is 7.98. The Balaban J connectivity index is 1.68. The van der Waals surface area contributed by atoms with E-state index in [1.807, 2.05) is 12.3 Å². The van der Waals surface area contributed by atoms with Crippen LogP contribution in [-0.2, 0) is 19.9 Å². The second-order valence-electron chi connectivity index (χ2n) is 6.61. The molecule has 0 N–H and O–H groups in total. The fourth-order valence-electron chi connectivity index (χ4n) is 3.32. The van der Waals surface area contributed by atoms with Crippen LogP contribution in [0.4, 0.5) is 0 Å². The van der Waals surface area contributed by atoms with Gasteiger partial charge in [0, 0.05) is 31.1 Å². The van der Waals surface area contributed by atoms with Crippen molar-refractivity contribution in [3.05, 3.63) is 28.8 Å². The first kappa shape index (κ1) is 20.9. The van der Waals surface area contributed by atoms with Gasteiger partial charge in [-0.2, -0.15) is 4.31 Å². The van der Waals surface area contributed by atoms with Crippen molar-refractivity contribution < 1.29 is 21.6 Å². The molecule has 2 heterocycles. The average molecular weight is 453 g/mol. The standard InChI is InChI=1S/C16H21ClN2O5S3/c1-25-12-2-3-15(17)14(10-12)16(20)18-5-7-19(8-6-18)27(23,24)13-4-9-26(21,22)11-13/h2-3,10,13H,4-9,11H2,1H3/t13-/m0/s1. The molecule has 2 saturated heterocycles. The third-order valence-electron chi connectivity index (χ3n) is 4.90. The van der Waals surface area contributed by atoms with Crippen LogP contribution in [0.2, 0.25) is 5.02 Å². The summed E-state index contributed by atoms with van der Waals surface area (Å²) in [5.74, 6) is -0.623. The molecule has 0 radical (unpaired) electrons. The molecule has 0 aliphatic carbocycles. The van der Waals surface area contributed by atoms with E-state index < -0.39 is 25.1 Å². The largest absolute Gasteiger partial charge is 0.336 e. The molecule has 0 aromatic heterocycles. The minimum atomic E-state index is -3.68. The fourth-order valence-corrected chi connectivity index (χ4v) is 8.47. The zero-order valence-electron chi connectivity index (χ0n) is 14.8. The van der Waals surface area contributed by atoms with Gasteiger partial charge in [-0.25, -0.2) is 16.8 Å². The van der Waals surface area contributed by atoms with Gasteiger partial charge >= 0.3 is 0 Å². The van der Waals surface area contributed by atoms with Gasteiger partial charge in [0.25, 0.3) is 5.91 Å². The van der Waals surface area contributed by atoms with Gasteiger partial charge in [0.05, 0.1) is 27.3 Å². The molecule has 7 nitrogen and oxygen atoms in total. The van der Waals surface area contributed by atoms with Crippen LogP contribution in [0.3, 0.4) is 0 Å². The zero-order valence-corrected chi connectivity index (χ0v) is 18.0. The van der Waals surface area contributed by atoms with E-state index in [1.54, 1.807) is 17.0 Å². The van der Waals surface area contributed by atoms with E-state index in [9.17, 15) is 21.6 Å². The topological polar surface area (TPSA) is 91.8 Å². The summed E-state index contributed by atoms with van der Waals surface area (Å²) in [6.45, 7) is 0.809. The van der Waals surface area contributed by atoms with E-state index in [4.69, 9.17) is 11.6 Å². The third-order valence-corrected chi connectivity index (χ3v) is 10.3. The minimum absolute atomic E-state index is 0.0837. The van der Waals surface area contributed by atoms with Gasteiger partial charge in [0.15, 0.2) is 9.84 Å². The first-order valence-corrected chi connectivity index (χ1v) is 13.4. The summed E-state index contributed by atoms with van der Waals surface area (Å²) >= 11 is 7.67. The Morgan fingerprint density at radius 2 is 1.89 bits per heavy atom. The summed E-state index contributed by atoms with van der Waals surface area (Å²) in [6.07, 6.45) is 2.05. The quantitative estimate of drug-likeness (QED) is 0.640. The molecule has 3 rings (SSSR count). The molecule has 11 heteroatoms. The number of rotatable bonds is 4. The molecule has 2 aliphatic heterocycles. The zero-order chi connectivity index (χ0) is 19.8. The fraction of sp³-hybridized carbons (Fsp3) is 0.562. The maximum absolute atomic E-state index is 12.8. The van der Waals surface area contributed by atoms with Crippen molar-refractivity contribution in [3.8, 4) is 0 Å². The Labute approximate surface area is 169 Å². The Hall–Kier alpha value is -0.810. The van der Waals surface area contributed by atoms with Crippen molar-refractivity contribution in [3.63, 3.8) is 0 Å². The number of hydrogen-bond donors (Lipinski definition) is 0. The lowest BCUT2D eigenvalue weighted by molar-refractivity contribution is 0.0697. The van der Waals surface area contributed by atoms with Gasteiger partial charge < -0.3 is 4.90 Å². The number of halogens is 1. The number of carbonyl (C=O) groups excluding carboxylic acids is 1. The third kappa shape index (κ3) is 4.45. The lowest BCUT2D eigenvalue weighted by Crippen LogP contribution is -2.52. The highest BCUT2D eigenvalue weighted by atomic mass is 35.5. The number of thioether (sulfide) groups is 1.